The summed E-state index contributed by atoms with van der Waals surface area (Å²) in [4.78, 5) is 13.2. The molecule has 21 heavy (non-hydrogen) atoms. The Morgan fingerprint density at radius 3 is 2.48 bits per heavy atom. The molecule has 1 saturated heterocycles. The van der Waals surface area contributed by atoms with E-state index < -0.39 is 5.97 Å². The number of hydrogen-bond acceptors (Lipinski definition) is 3. The molecule has 4 heteroatoms. The van der Waals surface area contributed by atoms with Crippen LogP contribution in [0.5, 0.6) is 5.75 Å². The number of aliphatic carboxylic acids is 1. The molecule has 0 bridgehead atoms. The van der Waals surface area contributed by atoms with E-state index in [1.807, 2.05) is 19.1 Å². The Kier molecular flexibility index (Phi) is 5.62. The standard InChI is InChI=1S/C17H25NO3/c1-3-21-16-6-4-15(5-7-16)13(2)18-10-8-14(9-11-18)12-17(19)20/h4-7,13-14H,3,8-12H2,1-2H3,(H,19,20). The molecule has 0 amide bonds. The summed E-state index contributed by atoms with van der Waals surface area (Å²) in [6.45, 7) is 6.84. The molecule has 1 unspecified atom stereocenters. The normalized spacial score (nSPS) is 18.4. The van der Waals surface area contributed by atoms with Gasteiger partial charge in [0.1, 0.15) is 5.75 Å². The van der Waals surface area contributed by atoms with Gasteiger partial charge in [0.25, 0.3) is 0 Å². The van der Waals surface area contributed by atoms with E-state index in [2.05, 4.69) is 24.0 Å². The van der Waals surface area contributed by atoms with Crippen molar-refractivity contribution in [3.05, 3.63) is 29.8 Å². The topological polar surface area (TPSA) is 49.8 Å². The SMILES string of the molecule is CCOc1ccc(C(C)N2CCC(CC(=O)O)CC2)cc1. The third-order valence-electron chi connectivity index (χ3n) is 4.33. The molecule has 0 radical (unpaired) electrons. The molecule has 0 spiro atoms. The van der Waals surface area contributed by atoms with Gasteiger partial charge in [0, 0.05) is 12.5 Å². The highest BCUT2D eigenvalue weighted by Crippen LogP contribution is 2.28. The van der Waals surface area contributed by atoms with Crippen molar-refractivity contribution >= 4 is 5.97 Å². The maximum atomic E-state index is 10.8. The number of piperidine rings is 1. The predicted molar refractivity (Wildman–Crippen MR) is 82.6 cm³/mol. The molecule has 4 nitrogen and oxygen atoms in total. The number of carbonyl (C=O) groups is 1. The van der Waals surface area contributed by atoms with Crippen LogP contribution in [0.3, 0.4) is 0 Å². The van der Waals surface area contributed by atoms with E-state index in [1.165, 1.54) is 5.56 Å². The van der Waals surface area contributed by atoms with Gasteiger partial charge in [-0.1, -0.05) is 12.1 Å². The van der Waals surface area contributed by atoms with Crippen LogP contribution in [0.15, 0.2) is 24.3 Å². The van der Waals surface area contributed by atoms with Crippen molar-refractivity contribution in [2.45, 2.75) is 39.2 Å². The van der Waals surface area contributed by atoms with Crippen LogP contribution in [0.2, 0.25) is 0 Å². The first-order valence-corrected chi connectivity index (χ1v) is 7.78. The molecule has 1 aliphatic rings. The Morgan fingerprint density at radius 2 is 1.95 bits per heavy atom. The average Bonchev–Trinajstić information content (AvgIpc) is 2.48. The zero-order chi connectivity index (χ0) is 15.2. The summed E-state index contributed by atoms with van der Waals surface area (Å²) in [5.41, 5.74) is 1.29. The third kappa shape index (κ3) is 4.46. The monoisotopic (exact) mass is 291 g/mol. The second-order valence-electron chi connectivity index (χ2n) is 5.76. The lowest BCUT2D eigenvalue weighted by Crippen LogP contribution is -2.36. The summed E-state index contributed by atoms with van der Waals surface area (Å²) in [7, 11) is 0. The number of carboxylic acid groups (broad SMARTS) is 1. The fourth-order valence-electron chi connectivity index (χ4n) is 3.01. The molecule has 1 aromatic carbocycles. The Morgan fingerprint density at radius 1 is 1.33 bits per heavy atom. The molecular weight excluding hydrogens is 266 g/mol. The van der Waals surface area contributed by atoms with Gasteiger partial charge in [0.05, 0.1) is 6.61 Å². The molecule has 1 fully saturated rings. The first-order chi connectivity index (χ1) is 10.1. The van der Waals surface area contributed by atoms with Crippen LogP contribution in [0, 0.1) is 5.92 Å². The van der Waals surface area contributed by atoms with E-state index >= 15 is 0 Å². The van der Waals surface area contributed by atoms with E-state index in [-0.39, 0.29) is 0 Å². The molecule has 1 atom stereocenters. The van der Waals surface area contributed by atoms with Gasteiger partial charge >= 0.3 is 5.97 Å². The zero-order valence-electron chi connectivity index (χ0n) is 12.9. The minimum atomic E-state index is -0.673. The molecule has 2 rings (SSSR count). The number of nitrogens with zero attached hydrogens (tertiary/aromatic N) is 1. The van der Waals surface area contributed by atoms with Crippen molar-refractivity contribution in [2.75, 3.05) is 19.7 Å². The Hall–Kier alpha value is -1.55. The predicted octanol–water partition coefficient (Wildman–Crippen LogP) is 3.33. The van der Waals surface area contributed by atoms with Crippen LogP contribution in [-0.2, 0) is 4.79 Å². The lowest BCUT2D eigenvalue weighted by Gasteiger charge is -2.35. The Bertz CT molecular complexity index is 450. The summed E-state index contributed by atoms with van der Waals surface area (Å²) < 4.78 is 5.47. The second kappa shape index (κ2) is 7.46. The molecule has 0 aliphatic carbocycles. The largest absolute Gasteiger partial charge is 0.494 e. The minimum Gasteiger partial charge on any atom is -0.494 e. The van der Waals surface area contributed by atoms with Crippen LogP contribution in [0.4, 0.5) is 0 Å². The fourth-order valence-corrected chi connectivity index (χ4v) is 3.01. The quantitative estimate of drug-likeness (QED) is 0.873. The molecule has 1 heterocycles. The van der Waals surface area contributed by atoms with E-state index in [9.17, 15) is 4.79 Å². The van der Waals surface area contributed by atoms with Crippen LogP contribution in [0.1, 0.15) is 44.7 Å². The molecule has 1 N–H and O–H groups in total. The van der Waals surface area contributed by atoms with E-state index in [1.54, 1.807) is 0 Å². The smallest absolute Gasteiger partial charge is 0.303 e. The van der Waals surface area contributed by atoms with Gasteiger partial charge in [0.2, 0.25) is 0 Å². The van der Waals surface area contributed by atoms with Gasteiger partial charge in [-0.2, -0.15) is 0 Å². The van der Waals surface area contributed by atoms with Gasteiger partial charge in [-0.3, -0.25) is 9.69 Å². The summed E-state index contributed by atoms with van der Waals surface area (Å²) >= 11 is 0. The van der Waals surface area contributed by atoms with Gasteiger partial charge in [-0.05, 0) is 63.4 Å². The molecule has 0 saturated carbocycles. The van der Waals surface area contributed by atoms with E-state index in [0.29, 0.717) is 25.0 Å². The minimum absolute atomic E-state index is 0.311. The summed E-state index contributed by atoms with van der Waals surface area (Å²) in [5.74, 6) is 0.577. The molecule has 116 valence electrons. The molecular formula is C17H25NO3. The highest BCUT2D eigenvalue weighted by atomic mass is 16.5. The van der Waals surface area contributed by atoms with Crippen molar-refractivity contribution in [1.29, 1.82) is 0 Å². The van der Waals surface area contributed by atoms with Crippen molar-refractivity contribution in [2.24, 2.45) is 5.92 Å². The van der Waals surface area contributed by atoms with Gasteiger partial charge in [-0.15, -0.1) is 0 Å². The van der Waals surface area contributed by atoms with Gasteiger partial charge in [0.15, 0.2) is 0 Å². The number of carboxylic acids is 1. The lowest BCUT2D eigenvalue weighted by atomic mass is 9.92. The van der Waals surface area contributed by atoms with Crippen molar-refractivity contribution < 1.29 is 14.6 Å². The van der Waals surface area contributed by atoms with Crippen LogP contribution >= 0.6 is 0 Å². The third-order valence-corrected chi connectivity index (χ3v) is 4.33. The van der Waals surface area contributed by atoms with Gasteiger partial charge in [-0.25, -0.2) is 0 Å². The summed E-state index contributed by atoms with van der Waals surface area (Å²) in [6.07, 6.45) is 2.27. The maximum absolute atomic E-state index is 10.8. The van der Waals surface area contributed by atoms with Crippen molar-refractivity contribution in [3.8, 4) is 5.75 Å². The van der Waals surface area contributed by atoms with Crippen LogP contribution in [-0.4, -0.2) is 35.7 Å². The van der Waals surface area contributed by atoms with Crippen molar-refractivity contribution in [1.82, 2.24) is 4.90 Å². The summed E-state index contributed by atoms with van der Waals surface area (Å²) in [6, 6.07) is 8.66. The Labute approximate surface area is 126 Å². The molecule has 0 aromatic heterocycles. The number of ether oxygens (including phenoxy) is 1. The van der Waals surface area contributed by atoms with Crippen LogP contribution in [0.25, 0.3) is 0 Å². The average molecular weight is 291 g/mol. The lowest BCUT2D eigenvalue weighted by molar-refractivity contribution is -0.138. The number of hydrogen-bond donors (Lipinski definition) is 1. The van der Waals surface area contributed by atoms with Crippen molar-refractivity contribution in [3.63, 3.8) is 0 Å². The van der Waals surface area contributed by atoms with Gasteiger partial charge < -0.3 is 9.84 Å². The molecule has 1 aliphatic heterocycles. The van der Waals surface area contributed by atoms with E-state index in [4.69, 9.17) is 9.84 Å². The second-order valence-corrected chi connectivity index (χ2v) is 5.76. The fraction of sp³-hybridized carbons (Fsp3) is 0.588. The highest BCUT2D eigenvalue weighted by molar-refractivity contribution is 5.67. The van der Waals surface area contributed by atoms with Crippen LogP contribution < -0.4 is 4.74 Å². The number of rotatable bonds is 6. The first-order valence-electron chi connectivity index (χ1n) is 7.78. The van der Waals surface area contributed by atoms with E-state index in [0.717, 1.165) is 31.7 Å². The Balaban J connectivity index is 1.89. The zero-order valence-corrected chi connectivity index (χ0v) is 12.9. The highest BCUT2D eigenvalue weighted by Gasteiger charge is 2.24. The number of benzene rings is 1. The maximum Gasteiger partial charge on any atom is 0.303 e. The molecule has 1 aromatic rings. The summed E-state index contributed by atoms with van der Waals surface area (Å²) in [5, 5.41) is 8.86. The first kappa shape index (κ1) is 15.8. The number of likely N-dealkylation sites (tertiary alicyclic amines) is 1.